The number of nitrogens with zero attached hydrogens (tertiary/aromatic N) is 1. The van der Waals surface area contributed by atoms with E-state index >= 15 is 0 Å². The number of fused-ring (bicyclic) bond motifs is 1. The molecule has 1 heterocycles. The van der Waals surface area contributed by atoms with Crippen molar-refractivity contribution in [1.29, 1.82) is 0 Å². The number of carbonyl (C=O) groups is 2. The van der Waals surface area contributed by atoms with Crippen molar-refractivity contribution in [3.05, 3.63) is 93.0 Å². The van der Waals surface area contributed by atoms with Crippen molar-refractivity contribution in [2.45, 2.75) is 13.8 Å². The van der Waals surface area contributed by atoms with Crippen LogP contribution in [0.1, 0.15) is 37.7 Å². The summed E-state index contributed by atoms with van der Waals surface area (Å²) >= 11 is 5.91. The summed E-state index contributed by atoms with van der Waals surface area (Å²) in [6, 6.07) is 13.2. The molecule has 1 aliphatic carbocycles. The fraction of sp³-hybridized carbons (Fsp3) is 0.0909. The molecular weight excluding hydrogens is 365 g/mol. The maximum absolute atomic E-state index is 13.5. The summed E-state index contributed by atoms with van der Waals surface area (Å²) in [5, 5.41) is 0.0384. The molecule has 0 radical (unpaired) electrons. The van der Waals surface area contributed by atoms with E-state index < -0.39 is 5.82 Å². The van der Waals surface area contributed by atoms with Gasteiger partial charge in [0.05, 0.1) is 10.6 Å². The third-order valence-electron chi connectivity index (χ3n) is 4.84. The Morgan fingerprint density at radius 1 is 0.963 bits per heavy atom. The molecule has 5 heteroatoms. The van der Waals surface area contributed by atoms with Crippen molar-refractivity contribution in [2.24, 2.45) is 0 Å². The standard InChI is InChI=1S/C22H15ClFNO2/c1-12-9-14(13(2)25(12)15-7-8-20(24)19(23)11-15)10-18-21(26)16-5-3-4-6-17(16)22(18)27/h3-11H,1-2H3. The number of hydrogen-bond acceptors (Lipinski definition) is 2. The molecule has 27 heavy (non-hydrogen) atoms. The molecule has 0 fully saturated rings. The van der Waals surface area contributed by atoms with Crippen molar-refractivity contribution in [2.75, 3.05) is 0 Å². The van der Waals surface area contributed by atoms with Crippen LogP contribution in [-0.4, -0.2) is 16.1 Å². The van der Waals surface area contributed by atoms with Crippen LogP contribution in [0.15, 0.2) is 54.1 Å². The first-order valence-electron chi connectivity index (χ1n) is 8.43. The van der Waals surface area contributed by atoms with Crippen LogP contribution in [0.3, 0.4) is 0 Å². The van der Waals surface area contributed by atoms with Gasteiger partial charge in [-0.1, -0.05) is 35.9 Å². The molecule has 0 N–H and O–H groups in total. The number of benzene rings is 2. The molecule has 0 unspecified atom stereocenters. The number of hydrogen-bond donors (Lipinski definition) is 0. The second-order valence-corrected chi connectivity index (χ2v) is 6.93. The van der Waals surface area contributed by atoms with Crippen molar-refractivity contribution < 1.29 is 14.0 Å². The van der Waals surface area contributed by atoms with Gasteiger partial charge < -0.3 is 4.57 Å². The second-order valence-electron chi connectivity index (χ2n) is 6.52. The molecule has 0 bridgehead atoms. The van der Waals surface area contributed by atoms with Crippen LogP contribution >= 0.6 is 11.6 Å². The van der Waals surface area contributed by atoms with Crippen molar-refractivity contribution in [1.82, 2.24) is 4.57 Å². The van der Waals surface area contributed by atoms with E-state index in [0.29, 0.717) is 16.8 Å². The van der Waals surface area contributed by atoms with Gasteiger partial charge in [-0.05, 0) is 49.8 Å². The summed E-state index contributed by atoms with van der Waals surface area (Å²) in [4.78, 5) is 25.2. The second kappa shape index (κ2) is 6.32. The SMILES string of the molecule is Cc1cc(C=C2C(=O)c3ccccc3C2=O)c(C)n1-c1ccc(F)c(Cl)c1. The molecular formula is C22H15ClFNO2. The molecule has 0 atom stereocenters. The number of rotatable bonds is 2. The average Bonchev–Trinajstić information content (AvgIpc) is 3.06. The predicted molar refractivity (Wildman–Crippen MR) is 103 cm³/mol. The highest BCUT2D eigenvalue weighted by Crippen LogP contribution is 2.30. The molecule has 134 valence electrons. The van der Waals surface area contributed by atoms with E-state index in [4.69, 9.17) is 11.6 Å². The normalized spacial score (nSPS) is 13.3. The summed E-state index contributed by atoms with van der Waals surface area (Å²) in [7, 11) is 0. The van der Waals surface area contributed by atoms with E-state index in [1.54, 1.807) is 42.5 Å². The highest BCUT2D eigenvalue weighted by molar-refractivity contribution is 6.41. The lowest BCUT2D eigenvalue weighted by molar-refractivity contribution is 0.0990. The van der Waals surface area contributed by atoms with Gasteiger partial charge in [0.15, 0.2) is 11.6 Å². The summed E-state index contributed by atoms with van der Waals surface area (Å²) in [5.74, 6) is -0.999. The molecule has 3 nitrogen and oxygen atoms in total. The third kappa shape index (κ3) is 2.73. The Hall–Kier alpha value is -2.98. The van der Waals surface area contributed by atoms with Gasteiger partial charge in [0.1, 0.15) is 5.82 Å². The number of allylic oxidation sites excluding steroid dienone is 1. The first-order chi connectivity index (χ1) is 12.9. The van der Waals surface area contributed by atoms with Crippen LogP contribution in [0.25, 0.3) is 11.8 Å². The fourth-order valence-electron chi connectivity index (χ4n) is 3.51. The number of aryl methyl sites for hydroxylation is 1. The number of halogens is 2. The van der Waals surface area contributed by atoms with Crippen LogP contribution in [0, 0.1) is 19.7 Å². The van der Waals surface area contributed by atoms with Gasteiger partial charge in [0, 0.05) is 28.2 Å². The molecule has 3 aromatic rings. The Labute approximate surface area is 160 Å². The highest BCUT2D eigenvalue weighted by Gasteiger charge is 2.32. The van der Waals surface area contributed by atoms with Crippen LogP contribution in [0.4, 0.5) is 4.39 Å². The average molecular weight is 380 g/mol. The van der Waals surface area contributed by atoms with Gasteiger partial charge >= 0.3 is 0 Å². The van der Waals surface area contributed by atoms with Gasteiger partial charge in [-0.15, -0.1) is 0 Å². The van der Waals surface area contributed by atoms with E-state index in [0.717, 1.165) is 17.0 Å². The molecule has 4 rings (SSSR count). The largest absolute Gasteiger partial charge is 0.318 e. The molecule has 1 aliphatic rings. The van der Waals surface area contributed by atoms with Crippen LogP contribution in [0.5, 0.6) is 0 Å². The number of ketones is 2. The zero-order chi connectivity index (χ0) is 19.3. The lowest BCUT2D eigenvalue weighted by Gasteiger charge is -2.10. The minimum atomic E-state index is -0.481. The maximum Gasteiger partial charge on any atom is 0.197 e. The summed E-state index contributed by atoms with van der Waals surface area (Å²) in [6.07, 6.45) is 1.63. The van der Waals surface area contributed by atoms with Crippen molar-refractivity contribution >= 4 is 29.2 Å². The zero-order valence-corrected chi connectivity index (χ0v) is 15.5. The smallest absolute Gasteiger partial charge is 0.197 e. The predicted octanol–water partition coefficient (Wildman–Crippen LogP) is 5.35. The Morgan fingerprint density at radius 3 is 2.19 bits per heavy atom. The van der Waals surface area contributed by atoms with Gasteiger partial charge in [0.25, 0.3) is 0 Å². The van der Waals surface area contributed by atoms with Gasteiger partial charge in [0.2, 0.25) is 0 Å². The van der Waals surface area contributed by atoms with Crippen molar-refractivity contribution in [3.63, 3.8) is 0 Å². The van der Waals surface area contributed by atoms with Crippen molar-refractivity contribution in [3.8, 4) is 5.69 Å². The Balaban J connectivity index is 1.81. The minimum Gasteiger partial charge on any atom is -0.318 e. The molecule has 2 aromatic carbocycles. The van der Waals surface area contributed by atoms with E-state index in [2.05, 4.69) is 0 Å². The molecule has 1 aromatic heterocycles. The Morgan fingerprint density at radius 2 is 1.59 bits per heavy atom. The monoisotopic (exact) mass is 379 g/mol. The lowest BCUT2D eigenvalue weighted by Crippen LogP contribution is -2.01. The van der Waals surface area contributed by atoms with Crippen LogP contribution in [-0.2, 0) is 0 Å². The third-order valence-corrected chi connectivity index (χ3v) is 5.13. The van der Waals surface area contributed by atoms with Gasteiger partial charge in [-0.25, -0.2) is 4.39 Å². The first kappa shape index (κ1) is 17.4. The van der Waals surface area contributed by atoms with Gasteiger partial charge in [-0.2, -0.15) is 0 Å². The van der Waals surface area contributed by atoms with Crippen LogP contribution < -0.4 is 0 Å². The number of aromatic nitrogens is 1. The van der Waals surface area contributed by atoms with Crippen LogP contribution in [0.2, 0.25) is 5.02 Å². The zero-order valence-electron chi connectivity index (χ0n) is 14.7. The molecule has 0 spiro atoms. The Bertz CT molecular complexity index is 1120. The maximum atomic E-state index is 13.5. The van der Waals surface area contributed by atoms with Gasteiger partial charge in [-0.3, -0.25) is 9.59 Å². The Kier molecular flexibility index (Phi) is 4.08. The summed E-state index contributed by atoms with van der Waals surface area (Å²) < 4.78 is 15.4. The number of Topliss-reactive ketones (excluding diaryl/α,β-unsaturated/α-hetero) is 2. The quantitative estimate of drug-likeness (QED) is 0.444. The fourth-order valence-corrected chi connectivity index (χ4v) is 3.69. The molecule has 0 saturated heterocycles. The van der Waals surface area contributed by atoms with E-state index in [1.807, 2.05) is 24.5 Å². The molecule has 0 saturated carbocycles. The lowest BCUT2D eigenvalue weighted by atomic mass is 10.1. The highest BCUT2D eigenvalue weighted by atomic mass is 35.5. The summed E-state index contributed by atoms with van der Waals surface area (Å²) in [6.45, 7) is 3.78. The van der Waals surface area contributed by atoms with E-state index in [1.165, 1.54) is 6.07 Å². The van der Waals surface area contributed by atoms with E-state index in [9.17, 15) is 14.0 Å². The van der Waals surface area contributed by atoms with E-state index in [-0.39, 0.29) is 22.2 Å². The molecule has 0 aliphatic heterocycles. The number of carbonyl (C=O) groups excluding carboxylic acids is 2. The molecule has 0 amide bonds. The first-order valence-corrected chi connectivity index (χ1v) is 8.81. The summed E-state index contributed by atoms with van der Waals surface area (Å²) in [5.41, 5.74) is 4.23. The minimum absolute atomic E-state index is 0.0384. The topological polar surface area (TPSA) is 39.1 Å².